The van der Waals surface area contributed by atoms with E-state index in [0.29, 0.717) is 0 Å². The fourth-order valence-electron chi connectivity index (χ4n) is 2.82. The second-order valence-corrected chi connectivity index (χ2v) is 6.07. The Labute approximate surface area is 163 Å². The number of halogens is 5. The van der Waals surface area contributed by atoms with Gasteiger partial charge in [-0.1, -0.05) is 31.5 Å². The zero-order valence-electron chi connectivity index (χ0n) is 15.2. The number of aryl methyl sites for hydroxylation is 1. The topological polar surface area (TPSA) is 55.1 Å². The second-order valence-electron chi connectivity index (χ2n) is 5.66. The Morgan fingerprint density at radius 1 is 1.25 bits per heavy atom. The molecule has 3 aromatic rings. The van der Waals surface area contributed by atoms with Crippen molar-refractivity contribution in [2.24, 2.45) is 0 Å². The van der Waals surface area contributed by atoms with Crippen molar-refractivity contribution < 1.29 is 27.5 Å². The first-order valence-corrected chi connectivity index (χ1v) is 8.72. The zero-order valence-corrected chi connectivity index (χ0v) is 16.0. The molecule has 28 heavy (non-hydrogen) atoms. The van der Waals surface area contributed by atoms with Gasteiger partial charge >= 0.3 is 12.1 Å². The van der Waals surface area contributed by atoms with E-state index in [0.717, 1.165) is 16.8 Å². The van der Waals surface area contributed by atoms with Gasteiger partial charge in [-0.15, -0.1) is 0 Å². The van der Waals surface area contributed by atoms with Crippen LogP contribution in [-0.4, -0.2) is 20.9 Å². The van der Waals surface area contributed by atoms with Crippen molar-refractivity contribution in [3.8, 4) is 0 Å². The summed E-state index contributed by atoms with van der Waals surface area (Å²) in [6.07, 6.45) is -4.63. The fraction of sp³-hybridized carbons (Fsp3) is 0.263. The number of nitrogens with zero attached hydrogens (tertiary/aromatic N) is 2. The standard InChI is InChI=1S/C17H11ClF4N2O2.C2H6/c1-8-15-13(19)5-9(16(25)26)6-14(15)24(23-8)7-10-11(17(20,21)22)3-2-4-12(10)18;1-2/h2-6H,7H2,1H3,(H,25,26);1-2H3. The van der Waals surface area contributed by atoms with Crippen molar-refractivity contribution in [1.82, 2.24) is 9.78 Å². The summed E-state index contributed by atoms with van der Waals surface area (Å²) in [5.41, 5.74) is -1.18. The number of carboxylic acid groups (broad SMARTS) is 1. The van der Waals surface area contributed by atoms with Gasteiger partial charge in [-0.25, -0.2) is 9.18 Å². The van der Waals surface area contributed by atoms with E-state index in [2.05, 4.69) is 5.10 Å². The van der Waals surface area contributed by atoms with E-state index in [1.807, 2.05) is 13.8 Å². The molecule has 1 N–H and O–H groups in total. The molecule has 0 saturated carbocycles. The largest absolute Gasteiger partial charge is 0.478 e. The summed E-state index contributed by atoms with van der Waals surface area (Å²) in [5, 5.41) is 13.1. The van der Waals surface area contributed by atoms with Crippen LogP contribution in [0, 0.1) is 12.7 Å². The molecular weight excluding hydrogens is 400 g/mol. The number of hydrogen-bond donors (Lipinski definition) is 1. The molecule has 4 nitrogen and oxygen atoms in total. The Balaban J connectivity index is 0.00000136. The minimum absolute atomic E-state index is 0.0515. The van der Waals surface area contributed by atoms with Crippen LogP contribution in [0.1, 0.15) is 41.0 Å². The van der Waals surface area contributed by atoms with Crippen molar-refractivity contribution in [3.63, 3.8) is 0 Å². The zero-order chi connectivity index (χ0) is 21.2. The average molecular weight is 417 g/mol. The van der Waals surface area contributed by atoms with Crippen molar-refractivity contribution in [2.45, 2.75) is 33.5 Å². The Morgan fingerprint density at radius 3 is 2.46 bits per heavy atom. The Bertz CT molecular complexity index is 1030. The maximum Gasteiger partial charge on any atom is 0.416 e. The summed E-state index contributed by atoms with van der Waals surface area (Å²) in [6.45, 7) is 5.10. The number of benzene rings is 2. The van der Waals surface area contributed by atoms with Crippen LogP contribution >= 0.6 is 11.6 Å². The Hall–Kier alpha value is -2.61. The molecule has 1 aromatic heterocycles. The van der Waals surface area contributed by atoms with E-state index >= 15 is 0 Å². The number of aromatic nitrogens is 2. The van der Waals surface area contributed by atoms with Gasteiger partial charge in [0.25, 0.3) is 0 Å². The number of rotatable bonds is 3. The molecule has 150 valence electrons. The Kier molecular flexibility index (Phi) is 6.34. The molecule has 0 atom stereocenters. The smallest absolute Gasteiger partial charge is 0.416 e. The molecule has 0 fully saturated rings. The minimum atomic E-state index is -4.63. The van der Waals surface area contributed by atoms with E-state index < -0.39 is 23.5 Å². The van der Waals surface area contributed by atoms with Crippen LogP contribution in [0.25, 0.3) is 10.9 Å². The van der Waals surface area contributed by atoms with Gasteiger partial charge in [0, 0.05) is 10.6 Å². The summed E-state index contributed by atoms with van der Waals surface area (Å²) in [5.74, 6) is -2.16. The first-order valence-electron chi connectivity index (χ1n) is 8.34. The van der Waals surface area contributed by atoms with Gasteiger partial charge in [-0.2, -0.15) is 18.3 Å². The molecule has 9 heteroatoms. The molecular formula is C19H17ClF4N2O2. The third kappa shape index (κ3) is 4.11. The summed E-state index contributed by atoms with van der Waals surface area (Å²) < 4.78 is 55.1. The van der Waals surface area contributed by atoms with Gasteiger partial charge in [0.05, 0.1) is 34.3 Å². The molecule has 0 radical (unpaired) electrons. The molecule has 0 aliphatic rings. The quantitative estimate of drug-likeness (QED) is 0.538. The number of fused-ring (bicyclic) bond motifs is 1. The van der Waals surface area contributed by atoms with Crippen molar-refractivity contribution in [1.29, 1.82) is 0 Å². The number of hydrogen-bond acceptors (Lipinski definition) is 2. The maximum absolute atomic E-state index is 14.2. The van der Waals surface area contributed by atoms with Crippen molar-refractivity contribution in [3.05, 3.63) is 63.6 Å². The molecule has 0 bridgehead atoms. The number of alkyl halides is 3. The van der Waals surface area contributed by atoms with Crippen LogP contribution in [0.3, 0.4) is 0 Å². The van der Waals surface area contributed by atoms with E-state index in [-0.39, 0.29) is 39.3 Å². The third-order valence-corrected chi connectivity index (χ3v) is 4.31. The number of carbonyl (C=O) groups is 1. The minimum Gasteiger partial charge on any atom is -0.478 e. The lowest BCUT2D eigenvalue weighted by Gasteiger charge is -2.15. The monoisotopic (exact) mass is 416 g/mol. The van der Waals surface area contributed by atoms with Crippen LogP contribution < -0.4 is 0 Å². The van der Waals surface area contributed by atoms with Crippen LogP contribution in [0.4, 0.5) is 17.6 Å². The van der Waals surface area contributed by atoms with Gasteiger partial charge < -0.3 is 5.11 Å². The summed E-state index contributed by atoms with van der Waals surface area (Å²) in [4.78, 5) is 11.1. The highest BCUT2D eigenvalue weighted by Gasteiger charge is 2.34. The average Bonchev–Trinajstić information content (AvgIpc) is 2.93. The van der Waals surface area contributed by atoms with Gasteiger partial charge in [0.15, 0.2) is 0 Å². The molecule has 0 saturated heterocycles. The van der Waals surface area contributed by atoms with Crippen LogP contribution in [-0.2, 0) is 12.7 Å². The highest BCUT2D eigenvalue weighted by atomic mass is 35.5. The predicted molar refractivity (Wildman–Crippen MR) is 98.3 cm³/mol. The maximum atomic E-state index is 14.2. The first kappa shape index (κ1) is 21.7. The third-order valence-electron chi connectivity index (χ3n) is 3.96. The van der Waals surface area contributed by atoms with Crippen LogP contribution in [0.2, 0.25) is 5.02 Å². The SMILES string of the molecule is CC.Cc1nn(Cc2c(Cl)cccc2C(F)(F)F)c2cc(C(=O)O)cc(F)c12. The number of carboxylic acids is 1. The van der Waals surface area contributed by atoms with Gasteiger partial charge in [0.2, 0.25) is 0 Å². The van der Waals surface area contributed by atoms with Gasteiger partial charge in [0.1, 0.15) is 5.82 Å². The first-order chi connectivity index (χ1) is 13.1. The molecule has 0 aliphatic heterocycles. The second kappa shape index (κ2) is 8.18. The van der Waals surface area contributed by atoms with Crippen LogP contribution in [0.5, 0.6) is 0 Å². The fourth-order valence-corrected chi connectivity index (χ4v) is 3.05. The lowest BCUT2D eigenvalue weighted by Crippen LogP contribution is -2.13. The molecule has 0 unspecified atom stereocenters. The molecule has 2 aromatic carbocycles. The lowest BCUT2D eigenvalue weighted by atomic mass is 10.1. The molecule has 0 aliphatic carbocycles. The summed E-state index contributed by atoms with van der Waals surface area (Å²) in [7, 11) is 0. The van der Waals surface area contributed by atoms with Gasteiger partial charge in [-0.3, -0.25) is 4.68 Å². The summed E-state index contributed by atoms with van der Waals surface area (Å²) >= 11 is 5.95. The highest BCUT2D eigenvalue weighted by molar-refractivity contribution is 6.31. The summed E-state index contributed by atoms with van der Waals surface area (Å²) in [6, 6.07) is 5.41. The van der Waals surface area contributed by atoms with Crippen LogP contribution in [0.15, 0.2) is 30.3 Å². The molecule has 0 spiro atoms. The molecule has 3 rings (SSSR count). The van der Waals surface area contributed by atoms with Crippen molar-refractivity contribution in [2.75, 3.05) is 0 Å². The lowest BCUT2D eigenvalue weighted by molar-refractivity contribution is -0.138. The normalized spacial score (nSPS) is 11.3. The number of aromatic carboxylic acids is 1. The van der Waals surface area contributed by atoms with Gasteiger partial charge in [-0.05, 0) is 31.2 Å². The van der Waals surface area contributed by atoms with E-state index in [4.69, 9.17) is 16.7 Å². The van der Waals surface area contributed by atoms with Crippen molar-refractivity contribution >= 4 is 28.5 Å². The highest BCUT2D eigenvalue weighted by Crippen LogP contribution is 2.36. The molecule has 1 heterocycles. The van der Waals surface area contributed by atoms with E-state index in [1.54, 1.807) is 0 Å². The predicted octanol–water partition coefficient (Wildman–Crippen LogP) is 5.93. The molecule has 0 amide bonds. The van der Waals surface area contributed by atoms with E-state index in [9.17, 15) is 22.4 Å². The van der Waals surface area contributed by atoms with E-state index in [1.165, 1.54) is 25.1 Å². The Morgan fingerprint density at radius 2 is 1.89 bits per heavy atom.